The van der Waals surface area contributed by atoms with Crippen LogP contribution in [0.4, 0.5) is 0 Å². The van der Waals surface area contributed by atoms with E-state index in [9.17, 15) is 9.59 Å². The van der Waals surface area contributed by atoms with Gasteiger partial charge in [-0.3, -0.25) is 4.79 Å². The molecule has 0 aromatic heterocycles. The SMILES string of the molecule is C=CCOc1ccc(C(=O)OCC(=O)NCc2ccc(OC)cc2)cc1. The molecule has 26 heavy (non-hydrogen) atoms. The van der Waals surface area contributed by atoms with Gasteiger partial charge in [-0.25, -0.2) is 4.79 Å². The monoisotopic (exact) mass is 355 g/mol. The Hall–Kier alpha value is -3.28. The fourth-order valence-corrected chi connectivity index (χ4v) is 2.05. The van der Waals surface area contributed by atoms with Gasteiger partial charge in [0, 0.05) is 6.54 Å². The average Bonchev–Trinajstić information content (AvgIpc) is 2.69. The molecule has 2 aromatic rings. The third-order valence-electron chi connectivity index (χ3n) is 3.44. The molecule has 0 saturated heterocycles. The number of rotatable bonds is 9. The number of carbonyl (C=O) groups is 2. The second-order valence-corrected chi connectivity index (χ2v) is 5.32. The molecule has 2 aromatic carbocycles. The predicted molar refractivity (Wildman–Crippen MR) is 97.3 cm³/mol. The predicted octanol–water partition coefficient (Wildman–Crippen LogP) is 2.73. The number of carbonyl (C=O) groups excluding carboxylic acids is 2. The van der Waals surface area contributed by atoms with E-state index in [2.05, 4.69) is 11.9 Å². The quantitative estimate of drug-likeness (QED) is 0.553. The molecule has 0 fully saturated rings. The van der Waals surface area contributed by atoms with Crippen LogP contribution in [0.2, 0.25) is 0 Å². The summed E-state index contributed by atoms with van der Waals surface area (Å²) in [6.07, 6.45) is 1.63. The van der Waals surface area contributed by atoms with Gasteiger partial charge in [-0.1, -0.05) is 24.8 Å². The molecule has 2 rings (SSSR count). The molecule has 0 bridgehead atoms. The van der Waals surface area contributed by atoms with Crippen molar-refractivity contribution in [2.45, 2.75) is 6.54 Å². The van der Waals surface area contributed by atoms with E-state index in [0.29, 0.717) is 24.5 Å². The van der Waals surface area contributed by atoms with E-state index in [1.165, 1.54) is 0 Å². The van der Waals surface area contributed by atoms with Gasteiger partial charge >= 0.3 is 5.97 Å². The van der Waals surface area contributed by atoms with Crippen LogP contribution in [-0.4, -0.2) is 32.2 Å². The first-order valence-electron chi connectivity index (χ1n) is 8.03. The first kappa shape index (κ1) is 19.1. The molecule has 0 aliphatic rings. The lowest BCUT2D eigenvalue weighted by molar-refractivity contribution is -0.124. The number of ether oxygens (including phenoxy) is 3. The second-order valence-electron chi connectivity index (χ2n) is 5.32. The summed E-state index contributed by atoms with van der Waals surface area (Å²) in [5, 5.41) is 2.69. The Balaban J connectivity index is 1.75. The number of methoxy groups -OCH3 is 1. The smallest absolute Gasteiger partial charge is 0.338 e. The van der Waals surface area contributed by atoms with Crippen LogP contribution in [0.1, 0.15) is 15.9 Å². The van der Waals surface area contributed by atoms with E-state index < -0.39 is 5.97 Å². The van der Waals surface area contributed by atoms with Gasteiger partial charge in [-0.05, 0) is 42.0 Å². The van der Waals surface area contributed by atoms with Crippen molar-refractivity contribution in [1.29, 1.82) is 0 Å². The van der Waals surface area contributed by atoms with Crippen molar-refractivity contribution in [2.24, 2.45) is 0 Å². The zero-order valence-corrected chi connectivity index (χ0v) is 14.6. The number of amides is 1. The molecule has 0 radical (unpaired) electrons. The van der Waals surface area contributed by atoms with Crippen LogP contribution in [0.5, 0.6) is 11.5 Å². The topological polar surface area (TPSA) is 73.9 Å². The Morgan fingerprint density at radius 3 is 2.31 bits per heavy atom. The number of esters is 1. The van der Waals surface area contributed by atoms with Gasteiger partial charge in [-0.15, -0.1) is 0 Å². The molecule has 0 spiro atoms. The van der Waals surface area contributed by atoms with Gasteiger partial charge in [0.25, 0.3) is 5.91 Å². The zero-order chi connectivity index (χ0) is 18.8. The summed E-state index contributed by atoms with van der Waals surface area (Å²) in [4.78, 5) is 23.8. The van der Waals surface area contributed by atoms with E-state index in [0.717, 1.165) is 11.3 Å². The lowest BCUT2D eigenvalue weighted by atomic mass is 10.2. The maximum atomic E-state index is 11.9. The molecular weight excluding hydrogens is 334 g/mol. The normalized spacial score (nSPS) is 9.88. The fourth-order valence-electron chi connectivity index (χ4n) is 2.05. The number of hydrogen-bond donors (Lipinski definition) is 1. The summed E-state index contributed by atoms with van der Waals surface area (Å²) in [5.74, 6) is 0.425. The van der Waals surface area contributed by atoms with Crippen molar-refractivity contribution < 1.29 is 23.8 Å². The summed E-state index contributed by atoms with van der Waals surface area (Å²) in [6, 6.07) is 13.8. The van der Waals surface area contributed by atoms with Crippen LogP contribution >= 0.6 is 0 Å². The molecular formula is C20H21NO5. The first-order valence-corrected chi connectivity index (χ1v) is 8.03. The fraction of sp³-hybridized carbons (Fsp3) is 0.200. The van der Waals surface area contributed by atoms with Gasteiger partial charge in [0.2, 0.25) is 0 Å². The van der Waals surface area contributed by atoms with Gasteiger partial charge in [0.15, 0.2) is 6.61 Å². The van der Waals surface area contributed by atoms with Crippen LogP contribution in [0, 0.1) is 0 Å². The largest absolute Gasteiger partial charge is 0.497 e. The molecule has 136 valence electrons. The Morgan fingerprint density at radius 2 is 1.69 bits per heavy atom. The van der Waals surface area contributed by atoms with Crippen molar-refractivity contribution in [3.05, 3.63) is 72.3 Å². The highest BCUT2D eigenvalue weighted by molar-refractivity contribution is 5.91. The minimum absolute atomic E-state index is 0.343. The lowest BCUT2D eigenvalue weighted by Gasteiger charge is -2.08. The average molecular weight is 355 g/mol. The van der Waals surface area contributed by atoms with E-state index in [1.54, 1.807) is 37.5 Å². The standard InChI is InChI=1S/C20H21NO5/c1-3-12-25-18-10-6-16(7-11-18)20(23)26-14-19(22)21-13-15-4-8-17(24-2)9-5-15/h3-11H,1,12-14H2,2H3,(H,21,22). The second kappa shape index (κ2) is 9.88. The molecule has 0 heterocycles. The van der Waals surface area contributed by atoms with Gasteiger partial charge in [-0.2, -0.15) is 0 Å². The van der Waals surface area contributed by atoms with Gasteiger partial charge in [0.05, 0.1) is 12.7 Å². The molecule has 0 aliphatic carbocycles. The highest BCUT2D eigenvalue weighted by Gasteiger charge is 2.10. The van der Waals surface area contributed by atoms with E-state index in [1.807, 2.05) is 24.3 Å². The van der Waals surface area contributed by atoms with Crippen molar-refractivity contribution in [3.63, 3.8) is 0 Å². The van der Waals surface area contributed by atoms with E-state index in [-0.39, 0.29) is 12.5 Å². The van der Waals surface area contributed by atoms with Crippen molar-refractivity contribution >= 4 is 11.9 Å². The minimum atomic E-state index is -0.570. The third-order valence-corrected chi connectivity index (χ3v) is 3.44. The highest BCUT2D eigenvalue weighted by Crippen LogP contribution is 2.13. The molecule has 0 saturated carbocycles. The van der Waals surface area contributed by atoms with Crippen molar-refractivity contribution in [2.75, 3.05) is 20.3 Å². The van der Waals surface area contributed by atoms with E-state index in [4.69, 9.17) is 14.2 Å². The zero-order valence-electron chi connectivity index (χ0n) is 14.6. The van der Waals surface area contributed by atoms with E-state index >= 15 is 0 Å². The summed E-state index contributed by atoms with van der Waals surface area (Å²) in [5.41, 5.74) is 1.26. The van der Waals surface area contributed by atoms with Crippen LogP contribution in [0.3, 0.4) is 0 Å². The molecule has 1 amide bonds. The number of hydrogen-bond acceptors (Lipinski definition) is 5. The number of nitrogens with one attached hydrogen (secondary N) is 1. The molecule has 0 aliphatic heterocycles. The van der Waals surface area contributed by atoms with Crippen molar-refractivity contribution in [3.8, 4) is 11.5 Å². The minimum Gasteiger partial charge on any atom is -0.497 e. The molecule has 1 N–H and O–H groups in total. The molecule has 6 heteroatoms. The summed E-state index contributed by atoms with van der Waals surface area (Å²) < 4.78 is 15.4. The molecule has 6 nitrogen and oxygen atoms in total. The maximum absolute atomic E-state index is 11.9. The van der Waals surface area contributed by atoms with Gasteiger partial charge < -0.3 is 19.5 Å². The highest BCUT2D eigenvalue weighted by atomic mass is 16.5. The van der Waals surface area contributed by atoms with Gasteiger partial charge in [0.1, 0.15) is 18.1 Å². The number of benzene rings is 2. The molecule has 0 unspecified atom stereocenters. The maximum Gasteiger partial charge on any atom is 0.338 e. The van der Waals surface area contributed by atoms with Crippen molar-refractivity contribution in [1.82, 2.24) is 5.32 Å². The third kappa shape index (κ3) is 5.98. The van der Waals surface area contributed by atoms with Crippen LogP contribution in [0.15, 0.2) is 61.2 Å². The Morgan fingerprint density at radius 1 is 1.04 bits per heavy atom. The summed E-state index contributed by atoms with van der Waals surface area (Å²) in [7, 11) is 1.59. The molecule has 0 atom stereocenters. The van der Waals surface area contributed by atoms with Crippen LogP contribution in [-0.2, 0) is 16.1 Å². The van der Waals surface area contributed by atoms with Crippen LogP contribution < -0.4 is 14.8 Å². The first-order chi connectivity index (χ1) is 12.6. The Bertz CT molecular complexity index is 738. The lowest BCUT2D eigenvalue weighted by Crippen LogP contribution is -2.28. The Labute approximate surface area is 152 Å². The Kier molecular flexibility index (Phi) is 7.24. The summed E-state index contributed by atoms with van der Waals surface area (Å²) >= 11 is 0. The summed E-state index contributed by atoms with van der Waals surface area (Å²) in [6.45, 7) is 3.95. The van der Waals surface area contributed by atoms with Crippen LogP contribution in [0.25, 0.3) is 0 Å².